The molecule has 1 aliphatic heterocycles. The fourth-order valence-corrected chi connectivity index (χ4v) is 8.90. The number of ether oxygens (including phenoxy) is 1. The zero-order valence-electron chi connectivity index (χ0n) is 55.1. The summed E-state index contributed by atoms with van der Waals surface area (Å²) in [5, 5.41) is 46.5. The van der Waals surface area contributed by atoms with Gasteiger partial charge in [-0.05, 0) is 92.3 Å². The smallest absolute Gasteiger partial charge is 0.490 e. The molecule has 3 aromatic rings. The molecule has 0 aliphatic carbocycles. The average Bonchev–Trinajstić information content (AvgIpc) is 1.63. The van der Waals surface area contributed by atoms with Crippen LogP contribution < -0.4 is 82.5 Å². The number of nitrogens with two attached hydrogens (primary N) is 8. The van der Waals surface area contributed by atoms with Crippen LogP contribution in [0.15, 0.2) is 88.8 Å². The number of halogens is 9. The summed E-state index contributed by atoms with van der Waals surface area (Å²) in [6, 6.07) is 10.1. The van der Waals surface area contributed by atoms with Gasteiger partial charge in [-0.1, -0.05) is 54.6 Å². The molecule has 0 saturated carbocycles. The number of primary amides is 3. The van der Waals surface area contributed by atoms with E-state index in [1.807, 2.05) is 0 Å². The minimum absolute atomic E-state index is 0.00204. The lowest BCUT2D eigenvalue weighted by molar-refractivity contribution is -0.193. The molecule has 104 heavy (non-hydrogen) atoms. The number of hydrogen-bond acceptors (Lipinski definition) is 18. The molecule has 0 bridgehead atoms. The van der Waals surface area contributed by atoms with Crippen molar-refractivity contribution in [2.45, 2.75) is 144 Å². The van der Waals surface area contributed by atoms with Gasteiger partial charge in [-0.15, -0.1) is 0 Å². The van der Waals surface area contributed by atoms with Crippen molar-refractivity contribution in [3.05, 3.63) is 95.6 Å². The molecule has 3 aromatic carbocycles. The summed E-state index contributed by atoms with van der Waals surface area (Å²) >= 11 is 0. The number of aromatic hydroxyl groups is 1. The molecule has 576 valence electrons. The van der Waals surface area contributed by atoms with Crippen LogP contribution in [0.2, 0.25) is 0 Å². The van der Waals surface area contributed by atoms with E-state index in [4.69, 9.17) is 80.3 Å². The molecule has 0 aromatic heterocycles. The highest BCUT2D eigenvalue weighted by Crippen LogP contribution is 2.22. The summed E-state index contributed by atoms with van der Waals surface area (Å²) in [7, 11) is 1.50. The van der Waals surface area contributed by atoms with Gasteiger partial charge in [0.05, 0.1) is 19.6 Å². The van der Waals surface area contributed by atoms with E-state index in [0.717, 1.165) is 0 Å². The van der Waals surface area contributed by atoms with Crippen molar-refractivity contribution in [2.75, 3.05) is 26.7 Å². The predicted octanol–water partition coefficient (Wildman–Crippen LogP) is -2.71. The molecule has 35 nitrogen and oxygen atoms in total. The molecule has 0 unspecified atom stereocenters. The molecule has 10 amide bonds. The number of phenolic OH excluding ortho intramolecular Hbond substituents is 1. The van der Waals surface area contributed by atoms with E-state index in [1.54, 1.807) is 54.6 Å². The number of benzene rings is 3. The first-order valence-electron chi connectivity index (χ1n) is 30.5. The number of carbonyl (C=O) groups excluding carboxylic acids is 10. The normalized spacial score (nSPS) is 14.4. The van der Waals surface area contributed by atoms with E-state index in [-0.39, 0.29) is 88.7 Å². The van der Waals surface area contributed by atoms with Crippen LogP contribution in [0.3, 0.4) is 0 Å². The number of aliphatic carboxylic acids is 3. The third-order valence-corrected chi connectivity index (χ3v) is 14.0. The predicted molar refractivity (Wildman–Crippen MR) is 345 cm³/mol. The van der Waals surface area contributed by atoms with E-state index < -0.39 is 163 Å². The quantitative estimate of drug-likeness (QED) is 0.0125. The summed E-state index contributed by atoms with van der Waals surface area (Å²) in [5.74, 6) is -17.2. The van der Waals surface area contributed by atoms with E-state index in [0.29, 0.717) is 28.9 Å². The van der Waals surface area contributed by atoms with Crippen molar-refractivity contribution in [3.8, 4) is 11.5 Å². The Bertz CT molecular complexity index is 3400. The van der Waals surface area contributed by atoms with Gasteiger partial charge in [0.25, 0.3) is 0 Å². The Balaban J connectivity index is 0.00000223. The molecule has 1 heterocycles. The minimum Gasteiger partial charge on any atom is -0.508 e. The number of phenols is 1. The number of methoxy groups -OCH3 is 1. The number of likely N-dealkylation sites (tertiary alicyclic amines) is 1. The standard InChI is InChI=1S/C54H77N17O12.3C2HF3O2/c1-83-34-19-15-31(16-20-34)26-35(55)46(76)69-40(28-30-8-3-2-4-9-30)49(79)65-37(21-22-43(56)73)48(78)70-41(29-44(57)74)50(80)67-38(11-6-24-64-54(61)62)52(82)71-25-7-12-42(71)51(81)66-36(10-5-23-63-53(59)60)47(77)68-39(45(58)75)27-32-13-17-33(72)18-14-32;3*3-2(4,5)1(6)7/h2-4,8-9,13-20,35-42,72H,5-7,10-12,21-29,55H2,1H3,(H2,56,73)(H2,57,74)(H2,58,75)(H,65,79)(H,66,81)(H,67,80)(H,68,77)(H,69,76)(H,70,78)(H4,59,60,63)(H4,61,62,64);3*(H,6,7)/t35-,36+,37+,38+,39+,40+,41+,42+;;;/m1.../s1. The number of aliphatic imine (C=N–C) groups is 2. The Hall–Kier alpha value is -11.8. The van der Waals surface area contributed by atoms with E-state index in [2.05, 4.69) is 41.9 Å². The zero-order chi connectivity index (χ0) is 79.4. The summed E-state index contributed by atoms with van der Waals surface area (Å²) < 4.78 is 100. The van der Waals surface area contributed by atoms with Crippen LogP contribution in [0, 0.1) is 0 Å². The number of guanidine groups is 2. The first-order chi connectivity index (χ1) is 48.3. The minimum atomic E-state index is -5.08. The van der Waals surface area contributed by atoms with Crippen LogP contribution in [-0.2, 0) is 81.6 Å². The number of nitrogens with zero attached hydrogens (tertiary/aromatic N) is 3. The molecule has 44 heteroatoms. The molecule has 0 spiro atoms. The number of nitrogens with one attached hydrogen (secondary N) is 6. The molecular weight excluding hydrogens is 1420 g/mol. The summed E-state index contributed by atoms with van der Waals surface area (Å²) in [6.07, 6.45) is -16.6. The summed E-state index contributed by atoms with van der Waals surface area (Å²) in [5.41, 5.74) is 46.9. The van der Waals surface area contributed by atoms with Crippen molar-refractivity contribution in [2.24, 2.45) is 55.9 Å². The summed E-state index contributed by atoms with van der Waals surface area (Å²) in [4.78, 5) is 172. The number of rotatable bonds is 34. The first-order valence-corrected chi connectivity index (χ1v) is 30.5. The second-order valence-electron chi connectivity index (χ2n) is 22.2. The number of alkyl halides is 9. The van der Waals surface area contributed by atoms with Gasteiger partial charge in [0, 0.05) is 38.9 Å². The number of amides is 10. The van der Waals surface area contributed by atoms with Crippen LogP contribution in [0.1, 0.15) is 74.5 Å². The SMILES string of the molecule is COc1ccc(C[C@@H](N)C(=O)N[C@@H](Cc2ccccc2)C(=O)N[C@@H](CCC(N)=O)C(=O)N[C@@H](CC(N)=O)C(=O)N[C@@H](CCCN=C(N)N)C(=O)N2CCC[C@H]2C(=O)N[C@@H](CCCN=C(N)N)C(=O)N[C@@H](Cc2ccc(O)cc2)C(N)=O)cc1.O=C(O)C(F)(F)F.O=C(O)C(F)(F)F.O=C(O)C(F)(F)F. The van der Waals surface area contributed by atoms with E-state index in [9.17, 15) is 92.6 Å². The lowest BCUT2D eigenvalue weighted by Gasteiger charge is -2.31. The number of carboxylic acid groups (broad SMARTS) is 3. The van der Waals surface area contributed by atoms with Crippen molar-refractivity contribution >= 4 is 88.9 Å². The van der Waals surface area contributed by atoms with Crippen molar-refractivity contribution < 1.29 is 127 Å². The van der Waals surface area contributed by atoms with Crippen LogP contribution in [0.4, 0.5) is 39.5 Å². The lowest BCUT2D eigenvalue weighted by atomic mass is 10.0. The number of carbonyl (C=O) groups is 13. The molecule has 4 rings (SSSR count). The Morgan fingerprint density at radius 3 is 1.36 bits per heavy atom. The van der Waals surface area contributed by atoms with Crippen LogP contribution >= 0.6 is 0 Å². The van der Waals surface area contributed by atoms with Gasteiger partial charge in [-0.2, -0.15) is 39.5 Å². The Kier molecular flexibility index (Phi) is 38.0. The molecule has 0 radical (unpaired) electrons. The van der Waals surface area contributed by atoms with E-state index in [1.165, 1.54) is 36.3 Å². The van der Waals surface area contributed by atoms with Crippen molar-refractivity contribution in [1.82, 2.24) is 36.8 Å². The Labute approximate surface area is 584 Å². The topological polar surface area (TPSA) is 620 Å². The number of carboxylic acids is 3. The fraction of sp³-hybridized carbons (Fsp3) is 0.450. The van der Waals surface area contributed by atoms with Crippen LogP contribution in [-0.4, -0.2) is 208 Å². The fourth-order valence-electron chi connectivity index (χ4n) is 8.90. The highest BCUT2D eigenvalue weighted by atomic mass is 19.4. The van der Waals surface area contributed by atoms with Crippen LogP contribution in [0.25, 0.3) is 0 Å². The number of hydrogen-bond donors (Lipinski definition) is 18. The molecule has 26 N–H and O–H groups in total. The molecule has 1 fully saturated rings. The maximum atomic E-state index is 14.7. The molecular formula is C60H80F9N17O18. The zero-order valence-corrected chi connectivity index (χ0v) is 55.1. The van der Waals surface area contributed by atoms with Gasteiger partial charge in [-0.25, -0.2) is 14.4 Å². The van der Waals surface area contributed by atoms with Gasteiger partial charge in [0.15, 0.2) is 11.9 Å². The highest BCUT2D eigenvalue weighted by Gasteiger charge is 2.42. The largest absolute Gasteiger partial charge is 0.508 e. The third-order valence-electron chi connectivity index (χ3n) is 14.0. The highest BCUT2D eigenvalue weighted by molar-refractivity contribution is 5.99. The average molecular weight is 1500 g/mol. The second-order valence-corrected chi connectivity index (χ2v) is 22.2. The molecule has 1 saturated heterocycles. The monoisotopic (exact) mass is 1500 g/mol. The van der Waals surface area contributed by atoms with Gasteiger partial charge in [-0.3, -0.25) is 57.9 Å². The first kappa shape index (κ1) is 90.3. The maximum Gasteiger partial charge on any atom is 0.490 e. The summed E-state index contributed by atoms with van der Waals surface area (Å²) in [6.45, 7) is 0.0318. The van der Waals surface area contributed by atoms with Gasteiger partial charge >= 0.3 is 36.4 Å². The Morgan fingerprint density at radius 1 is 0.510 bits per heavy atom. The van der Waals surface area contributed by atoms with Gasteiger partial charge < -0.3 is 108 Å². The van der Waals surface area contributed by atoms with Gasteiger partial charge in [0.2, 0.25) is 59.1 Å². The Morgan fingerprint density at radius 2 is 0.904 bits per heavy atom. The van der Waals surface area contributed by atoms with Crippen LogP contribution in [0.5, 0.6) is 11.5 Å². The second kappa shape index (κ2) is 43.8. The third kappa shape index (κ3) is 36.0. The van der Waals surface area contributed by atoms with Crippen molar-refractivity contribution in [1.29, 1.82) is 0 Å². The molecule has 1 aliphatic rings. The lowest BCUT2D eigenvalue weighted by Crippen LogP contribution is -2.60. The van der Waals surface area contributed by atoms with E-state index >= 15 is 0 Å². The molecule has 8 atom stereocenters. The maximum absolute atomic E-state index is 14.7. The van der Waals surface area contributed by atoms with Crippen molar-refractivity contribution in [3.63, 3.8) is 0 Å². The van der Waals surface area contributed by atoms with Gasteiger partial charge in [0.1, 0.15) is 53.8 Å².